The molecule has 5 nitrogen and oxygen atoms in total. The molecule has 0 bridgehead atoms. The Kier molecular flexibility index (Phi) is 5.08. The number of nitrogens with zero attached hydrogens (tertiary/aromatic N) is 1. The van der Waals surface area contributed by atoms with Crippen molar-refractivity contribution in [2.24, 2.45) is 5.92 Å². The van der Waals surface area contributed by atoms with Gasteiger partial charge in [0.25, 0.3) is 0 Å². The number of amides is 2. The van der Waals surface area contributed by atoms with E-state index in [4.69, 9.17) is 16.3 Å². The number of benzene rings is 2. The molecule has 8 heteroatoms. The Bertz CT molecular complexity index is 876. The van der Waals surface area contributed by atoms with Gasteiger partial charge in [0, 0.05) is 24.1 Å². The lowest BCUT2D eigenvalue weighted by molar-refractivity contribution is -0.122. The third kappa shape index (κ3) is 3.62. The summed E-state index contributed by atoms with van der Waals surface area (Å²) in [5.74, 6) is -2.64. The van der Waals surface area contributed by atoms with Gasteiger partial charge < -0.3 is 15.0 Å². The van der Waals surface area contributed by atoms with E-state index >= 15 is 0 Å². The van der Waals surface area contributed by atoms with Gasteiger partial charge in [-0.1, -0.05) is 11.6 Å². The molecule has 0 aromatic heterocycles. The minimum atomic E-state index is -0.879. The Morgan fingerprint density at radius 1 is 1.27 bits per heavy atom. The molecular formula is C18H15ClF2N2O3. The van der Waals surface area contributed by atoms with E-state index in [0.717, 1.165) is 12.1 Å². The van der Waals surface area contributed by atoms with E-state index in [9.17, 15) is 18.4 Å². The third-order valence-corrected chi connectivity index (χ3v) is 4.35. The summed E-state index contributed by atoms with van der Waals surface area (Å²) in [7, 11) is 1.47. The Balaban J connectivity index is 1.77. The van der Waals surface area contributed by atoms with Crippen LogP contribution in [0.4, 0.5) is 20.2 Å². The normalized spacial score (nSPS) is 16.7. The summed E-state index contributed by atoms with van der Waals surface area (Å²) in [4.78, 5) is 26.2. The molecule has 2 aromatic carbocycles. The van der Waals surface area contributed by atoms with Crippen LogP contribution in [0.25, 0.3) is 0 Å². The lowest BCUT2D eigenvalue weighted by Gasteiger charge is -2.20. The van der Waals surface area contributed by atoms with Gasteiger partial charge in [0.15, 0.2) is 0 Å². The highest BCUT2D eigenvalue weighted by molar-refractivity contribution is 6.31. The zero-order chi connectivity index (χ0) is 18.8. The molecule has 26 heavy (non-hydrogen) atoms. The van der Waals surface area contributed by atoms with Crippen LogP contribution in [0.15, 0.2) is 36.4 Å². The van der Waals surface area contributed by atoms with Crippen molar-refractivity contribution in [2.75, 3.05) is 23.9 Å². The molecule has 1 fully saturated rings. The quantitative estimate of drug-likeness (QED) is 0.881. The van der Waals surface area contributed by atoms with E-state index in [-0.39, 0.29) is 24.6 Å². The van der Waals surface area contributed by atoms with Crippen LogP contribution in [-0.2, 0) is 9.59 Å². The topological polar surface area (TPSA) is 58.6 Å². The van der Waals surface area contributed by atoms with Gasteiger partial charge in [-0.3, -0.25) is 9.59 Å². The molecule has 1 N–H and O–H groups in total. The first-order chi connectivity index (χ1) is 12.4. The number of methoxy groups -OCH3 is 1. The number of halogens is 3. The Hall–Kier alpha value is -2.67. The lowest BCUT2D eigenvalue weighted by Crippen LogP contribution is -2.28. The first-order valence-electron chi connectivity index (χ1n) is 7.79. The summed E-state index contributed by atoms with van der Waals surface area (Å²) in [5, 5.41) is 2.82. The predicted molar refractivity (Wildman–Crippen MR) is 93.5 cm³/mol. The first-order valence-corrected chi connectivity index (χ1v) is 8.16. The fourth-order valence-corrected chi connectivity index (χ4v) is 2.98. The van der Waals surface area contributed by atoms with Crippen LogP contribution in [0, 0.1) is 17.6 Å². The number of hydrogen-bond acceptors (Lipinski definition) is 3. The zero-order valence-electron chi connectivity index (χ0n) is 13.8. The van der Waals surface area contributed by atoms with Gasteiger partial charge in [0.1, 0.15) is 17.4 Å². The Morgan fingerprint density at radius 3 is 2.73 bits per heavy atom. The number of rotatable bonds is 4. The van der Waals surface area contributed by atoms with Gasteiger partial charge in [-0.05, 0) is 30.3 Å². The number of carbonyl (C=O) groups excluding carboxylic acids is 2. The van der Waals surface area contributed by atoms with Crippen molar-refractivity contribution < 1.29 is 23.1 Å². The van der Waals surface area contributed by atoms with Crippen molar-refractivity contribution in [3.05, 3.63) is 53.1 Å². The number of ether oxygens (including phenoxy) is 1. The average Bonchev–Trinajstić information content (AvgIpc) is 2.99. The summed E-state index contributed by atoms with van der Waals surface area (Å²) < 4.78 is 31.9. The fraction of sp³-hybridized carbons (Fsp3) is 0.222. The number of nitrogens with one attached hydrogen (secondary N) is 1. The van der Waals surface area contributed by atoms with Crippen molar-refractivity contribution in [2.45, 2.75) is 6.42 Å². The van der Waals surface area contributed by atoms with Crippen LogP contribution in [0.2, 0.25) is 5.02 Å². The minimum absolute atomic E-state index is 0.0374. The van der Waals surface area contributed by atoms with Crippen LogP contribution in [0.5, 0.6) is 5.75 Å². The predicted octanol–water partition coefficient (Wildman–Crippen LogP) is 3.62. The second kappa shape index (κ2) is 7.29. The van der Waals surface area contributed by atoms with Crippen LogP contribution >= 0.6 is 11.6 Å². The van der Waals surface area contributed by atoms with Crippen LogP contribution in [-0.4, -0.2) is 25.5 Å². The highest BCUT2D eigenvalue weighted by atomic mass is 35.5. The molecule has 1 aliphatic heterocycles. The highest BCUT2D eigenvalue weighted by Crippen LogP contribution is 2.35. The molecule has 0 saturated carbocycles. The highest BCUT2D eigenvalue weighted by Gasteiger charge is 2.36. The van der Waals surface area contributed by atoms with Crippen molar-refractivity contribution in [3.8, 4) is 5.75 Å². The molecule has 3 rings (SSSR count). The SMILES string of the molecule is COc1ccc(Cl)cc1N1CC(C(=O)Nc2ccc(F)cc2F)CC1=O. The molecule has 0 spiro atoms. The molecular weight excluding hydrogens is 366 g/mol. The van der Waals surface area contributed by atoms with Gasteiger partial charge >= 0.3 is 0 Å². The third-order valence-electron chi connectivity index (χ3n) is 4.12. The van der Waals surface area contributed by atoms with Crippen molar-refractivity contribution in [1.82, 2.24) is 0 Å². The van der Waals surface area contributed by atoms with Gasteiger partial charge in [-0.25, -0.2) is 8.78 Å². The monoisotopic (exact) mass is 380 g/mol. The van der Waals surface area contributed by atoms with E-state index in [0.29, 0.717) is 22.5 Å². The van der Waals surface area contributed by atoms with Gasteiger partial charge in [-0.15, -0.1) is 0 Å². The molecule has 1 aliphatic rings. The van der Waals surface area contributed by atoms with Crippen LogP contribution in [0.1, 0.15) is 6.42 Å². The fourth-order valence-electron chi connectivity index (χ4n) is 2.82. The molecule has 136 valence electrons. The van der Waals surface area contributed by atoms with Crippen LogP contribution in [0.3, 0.4) is 0 Å². The maximum Gasteiger partial charge on any atom is 0.229 e. The standard InChI is InChI=1S/C18H15ClF2N2O3/c1-26-16-5-2-11(19)7-15(16)23-9-10(6-17(23)24)18(25)22-14-4-3-12(20)8-13(14)21/h2-5,7-8,10H,6,9H2,1H3,(H,22,25). The second-order valence-corrected chi connectivity index (χ2v) is 6.27. The molecule has 2 aromatic rings. The van der Waals surface area contributed by atoms with Crippen molar-refractivity contribution in [1.29, 1.82) is 0 Å². The summed E-state index contributed by atoms with van der Waals surface area (Å²) in [5.41, 5.74) is 0.330. The average molecular weight is 381 g/mol. The molecule has 1 atom stereocenters. The summed E-state index contributed by atoms with van der Waals surface area (Å²) in [6.07, 6.45) is -0.0374. The number of anilines is 2. The van der Waals surface area contributed by atoms with Gasteiger partial charge in [0.2, 0.25) is 11.8 Å². The largest absolute Gasteiger partial charge is 0.495 e. The van der Waals surface area contributed by atoms with E-state index < -0.39 is 23.5 Å². The molecule has 1 heterocycles. The smallest absolute Gasteiger partial charge is 0.229 e. The lowest BCUT2D eigenvalue weighted by atomic mass is 10.1. The molecule has 1 unspecified atom stereocenters. The second-order valence-electron chi connectivity index (χ2n) is 5.83. The van der Waals surface area contributed by atoms with Crippen molar-refractivity contribution in [3.63, 3.8) is 0 Å². The number of hydrogen-bond donors (Lipinski definition) is 1. The summed E-state index contributed by atoms with van der Waals surface area (Å²) >= 11 is 5.99. The Labute approximate surface area is 153 Å². The number of carbonyl (C=O) groups is 2. The maximum absolute atomic E-state index is 13.7. The van der Waals surface area contributed by atoms with Gasteiger partial charge in [0.05, 0.1) is 24.4 Å². The summed E-state index contributed by atoms with van der Waals surface area (Å²) in [6.45, 7) is 0.101. The molecule has 0 radical (unpaired) electrons. The van der Waals surface area contributed by atoms with E-state index in [1.54, 1.807) is 18.2 Å². The van der Waals surface area contributed by atoms with Crippen LogP contribution < -0.4 is 15.0 Å². The van der Waals surface area contributed by atoms with E-state index in [2.05, 4.69) is 5.32 Å². The molecule has 1 saturated heterocycles. The first kappa shape index (κ1) is 18.1. The Morgan fingerprint density at radius 2 is 2.04 bits per heavy atom. The zero-order valence-corrected chi connectivity index (χ0v) is 14.5. The minimum Gasteiger partial charge on any atom is -0.495 e. The van der Waals surface area contributed by atoms with E-state index in [1.807, 2.05) is 0 Å². The van der Waals surface area contributed by atoms with Gasteiger partial charge in [-0.2, -0.15) is 0 Å². The maximum atomic E-state index is 13.7. The van der Waals surface area contributed by atoms with Crippen molar-refractivity contribution >= 4 is 34.8 Å². The molecule has 2 amide bonds. The van der Waals surface area contributed by atoms with E-state index in [1.165, 1.54) is 12.0 Å². The molecule has 0 aliphatic carbocycles. The summed E-state index contributed by atoms with van der Waals surface area (Å²) in [6, 6.07) is 7.70.